The first-order valence-corrected chi connectivity index (χ1v) is 8.78. The van der Waals surface area contributed by atoms with Crippen LogP contribution in [0.1, 0.15) is 5.56 Å². The van der Waals surface area contributed by atoms with E-state index in [0.29, 0.717) is 0 Å². The van der Waals surface area contributed by atoms with Crippen molar-refractivity contribution in [1.82, 2.24) is 0 Å². The van der Waals surface area contributed by atoms with Gasteiger partial charge in [0.15, 0.2) is 0 Å². The molecule has 0 saturated heterocycles. The third kappa shape index (κ3) is 3.75. The fourth-order valence-electron chi connectivity index (χ4n) is 1.83. The van der Waals surface area contributed by atoms with Gasteiger partial charge in [0.25, 0.3) is 10.0 Å². The number of anilines is 1. The molecule has 2 aromatic rings. The van der Waals surface area contributed by atoms with Gasteiger partial charge in [-0.3, -0.25) is 4.72 Å². The molecule has 0 spiro atoms. The van der Waals surface area contributed by atoms with E-state index in [1.54, 1.807) is 18.2 Å². The normalized spacial score (nSPS) is 12.2. The van der Waals surface area contributed by atoms with Crippen LogP contribution in [0.5, 0.6) is 0 Å². The van der Waals surface area contributed by atoms with Crippen LogP contribution in [0.2, 0.25) is 0 Å². The van der Waals surface area contributed by atoms with Crippen LogP contribution in [-0.4, -0.2) is 14.7 Å². The number of rotatable bonds is 4. The second-order valence-corrected chi connectivity index (χ2v) is 6.86. The van der Waals surface area contributed by atoms with E-state index in [1.165, 1.54) is 23.9 Å². The highest BCUT2D eigenvalue weighted by atomic mass is 32.2. The number of benzene rings is 2. The second-order valence-electron chi connectivity index (χ2n) is 4.33. The van der Waals surface area contributed by atoms with E-state index in [9.17, 15) is 21.6 Å². The van der Waals surface area contributed by atoms with Crippen LogP contribution in [0.15, 0.2) is 58.3 Å². The van der Waals surface area contributed by atoms with Crippen molar-refractivity contribution in [1.29, 1.82) is 0 Å². The Kier molecular flexibility index (Phi) is 4.72. The summed E-state index contributed by atoms with van der Waals surface area (Å²) in [7, 11) is -4.33. The van der Waals surface area contributed by atoms with Gasteiger partial charge in [-0.05, 0) is 36.6 Å². The molecule has 0 radical (unpaired) electrons. The molecule has 0 amide bonds. The van der Waals surface area contributed by atoms with Crippen LogP contribution in [0.25, 0.3) is 0 Å². The summed E-state index contributed by atoms with van der Waals surface area (Å²) in [5.41, 5.74) is -0.979. The average molecular weight is 347 g/mol. The molecule has 0 bridgehead atoms. The molecule has 0 saturated carbocycles. The topological polar surface area (TPSA) is 46.2 Å². The summed E-state index contributed by atoms with van der Waals surface area (Å²) in [6.45, 7) is 0. The molecule has 118 valence electrons. The summed E-state index contributed by atoms with van der Waals surface area (Å²) >= 11 is 1.40. The zero-order chi connectivity index (χ0) is 16.4. The van der Waals surface area contributed by atoms with Gasteiger partial charge >= 0.3 is 6.18 Å². The minimum absolute atomic E-state index is 0.212. The molecule has 2 aromatic carbocycles. The molecule has 0 fully saturated rings. The monoisotopic (exact) mass is 347 g/mol. The summed E-state index contributed by atoms with van der Waals surface area (Å²) in [6.07, 6.45) is -2.93. The fraction of sp³-hybridized carbons (Fsp3) is 0.143. The smallest absolute Gasteiger partial charge is 0.280 e. The van der Waals surface area contributed by atoms with Gasteiger partial charge in [-0.2, -0.15) is 13.2 Å². The standard InChI is InChI=1S/C14H12F3NO2S2/c1-21-11-6-4-5-10(9-11)18-22(19,20)13-8-3-2-7-12(13)14(15,16)17/h2-9,18H,1H3. The number of hydrogen-bond donors (Lipinski definition) is 1. The van der Waals surface area contributed by atoms with Crippen molar-refractivity contribution in [3.63, 3.8) is 0 Å². The van der Waals surface area contributed by atoms with Gasteiger partial charge in [-0.1, -0.05) is 18.2 Å². The van der Waals surface area contributed by atoms with Crippen molar-refractivity contribution in [2.45, 2.75) is 16.0 Å². The van der Waals surface area contributed by atoms with Crippen molar-refractivity contribution >= 4 is 27.5 Å². The zero-order valence-electron chi connectivity index (χ0n) is 11.4. The van der Waals surface area contributed by atoms with Crippen LogP contribution in [0.4, 0.5) is 18.9 Å². The maximum absolute atomic E-state index is 12.9. The summed E-state index contributed by atoms with van der Waals surface area (Å²) in [4.78, 5) is 0.00126. The number of alkyl halides is 3. The van der Waals surface area contributed by atoms with Crippen LogP contribution < -0.4 is 4.72 Å². The Morgan fingerprint density at radius 2 is 1.73 bits per heavy atom. The minimum Gasteiger partial charge on any atom is -0.280 e. The molecule has 0 aliphatic rings. The van der Waals surface area contributed by atoms with E-state index in [1.807, 2.05) is 6.26 Å². The highest BCUT2D eigenvalue weighted by molar-refractivity contribution is 7.98. The molecule has 1 N–H and O–H groups in total. The first-order valence-electron chi connectivity index (χ1n) is 6.07. The maximum Gasteiger partial charge on any atom is 0.417 e. The Balaban J connectivity index is 2.43. The van der Waals surface area contributed by atoms with Gasteiger partial charge in [0.2, 0.25) is 0 Å². The Morgan fingerprint density at radius 3 is 2.36 bits per heavy atom. The number of sulfonamides is 1. The Labute approximate surface area is 130 Å². The van der Waals surface area contributed by atoms with Gasteiger partial charge in [0.05, 0.1) is 10.5 Å². The Bertz CT molecular complexity index is 774. The van der Waals surface area contributed by atoms with Crippen LogP contribution in [-0.2, 0) is 16.2 Å². The van der Waals surface area contributed by atoms with Crippen LogP contribution >= 0.6 is 11.8 Å². The van der Waals surface area contributed by atoms with Gasteiger partial charge in [0.1, 0.15) is 0 Å². The molecular weight excluding hydrogens is 335 g/mol. The molecular formula is C14H12F3NO2S2. The average Bonchev–Trinajstić information content (AvgIpc) is 2.46. The van der Waals surface area contributed by atoms with Crippen LogP contribution in [0, 0.1) is 0 Å². The van der Waals surface area contributed by atoms with E-state index >= 15 is 0 Å². The lowest BCUT2D eigenvalue weighted by atomic mass is 10.2. The van der Waals surface area contributed by atoms with Crippen molar-refractivity contribution in [2.75, 3.05) is 11.0 Å². The van der Waals surface area contributed by atoms with Gasteiger partial charge < -0.3 is 0 Å². The summed E-state index contributed by atoms with van der Waals surface area (Å²) in [5.74, 6) is 0. The van der Waals surface area contributed by atoms with Gasteiger partial charge in [-0.15, -0.1) is 11.8 Å². The Morgan fingerprint density at radius 1 is 1.05 bits per heavy atom. The zero-order valence-corrected chi connectivity index (χ0v) is 13.0. The highest BCUT2D eigenvalue weighted by Crippen LogP contribution is 2.34. The van der Waals surface area contributed by atoms with Crippen molar-refractivity contribution in [2.24, 2.45) is 0 Å². The summed E-state index contributed by atoms with van der Waals surface area (Å²) < 4.78 is 65.5. The fourth-order valence-corrected chi connectivity index (χ4v) is 3.57. The van der Waals surface area contributed by atoms with E-state index in [2.05, 4.69) is 4.72 Å². The van der Waals surface area contributed by atoms with Crippen molar-refractivity contribution in [3.8, 4) is 0 Å². The predicted molar refractivity (Wildman–Crippen MR) is 80.5 cm³/mol. The summed E-state index contributed by atoms with van der Waals surface area (Å²) in [6, 6.07) is 10.5. The van der Waals surface area contributed by atoms with E-state index < -0.39 is 26.7 Å². The van der Waals surface area contributed by atoms with Gasteiger partial charge in [0, 0.05) is 10.6 Å². The number of nitrogens with one attached hydrogen (secondary N) is 1. The SMILES string of the molecule is CSc1cccc(NS(=O)(=O)c2ccccc2C(F)(F)F)c1. The second kappa shape index (κ2) is 6.21. The largest absolute Gasteiger partial charge is 0.417 e. The summed E-state index contributed by atoms with van der Waals surface area (Å²) in [5, 5.41) is 0. The highest BCUT2D eigenvalue weighted by Gasteiger charge is 2.36. The first-order chi connectivity index (χ1) is 10.2. The quantitative estimate of drug-likeness (QED) is 0.842. The number of thioether (sulfide) groups is 1. The third-order valence-corrected chi connectivity index (χ3v) is 4.97. The molecule has 2 rings (SSSR count). The molecule has 0 aromatic heterocycles. The predicted octanol–water partition coefficient (Wildman–Crippen LogP) is 4.23. The number of hydrogen-bond acceptors (Lipinski definition) is 3. The minimum atomic E-state index is -4.74. The van der Waals surface area contributed by atoms with E-state index in [0.717, 1.165) is 23.1 Å². The maximum atomic E-state index is 12.9. The molecule has 22 heavy (non-hydrogen) atoms. The third-order valence-electron chi connectivity index (χ3n) is 2.80. The lowest BCUT2D eigenvalue weighted by molar-refractivity contribution is -0.139. The molecule has 0 atom stereocenters. The molecule has 0 unspecified atom stereocenters. The van der Waals surface area contributed by atoms with Crippen molar-refractivity contribution in [3.05, 3.63) is 54.1 Å². The molecule has 3 nitrogen and oxygen atoms in total. The van der Waals surface area contributed by atoms with Crippen LogP contribution in [0.3, 0.4) is 0 Å². The molecule has 0 aliphatic heterocycles. The molecule has 8 heteroatoms. The van der Waals surface area contributed by atoms with E-state index in [4.69, 9.17) is 0 Å². The molecule has 0 aliphatic carbocycles. The van der Waals surface area contributed by atoms with Crippen molar-refractivity contribution < 1.29 is 21.6 Å². The Hall–Kier alpha value is -1.67. The lowest BCUT2D eigenvalue weighted by Crippen LogP contribution is -2.18. The lowest BCUT2D eigenvalue weighted by Gasteiger charge is -2.14. The first kappa shape index (κ1) is 16.7. The van der Waals surface area contributed by atoms with E-state index in [-0.39, 0.29) is 5.69 Å². The van der Waals surface area contributed by atoms with Gasteiger partial charge in [-0.25, -0.2) is 8.42 Å². The molecule has 0 heterocycles. The number of halogens is 3.